The fourth-order valence-corrected chi connectivity index (χ4v) is 0.493. The van der Waals surface area contributed by atoms with Gasteiger partial charge in [0.2, 0.25) is 0 Å². The second-order valence-corrected chi connectivity index (χ2v) is 2.20. The Labute approximate surface area is 47.1 Å². The summed E-state index contributed by atoms with van der Waals surface area (Å²) >= 11 is 5.57. The summed E-state index contributed by atoms with van der Waals surface area (Å²) in [5.41, 5.74) is 0. The third-order valence-electron chi connectivity index (χ3n) is 0.699. The summed E-state index contributed by atoms with van der Waals surface area (Å²) in [6.45, 7) is 1.73. The first-order chi connectivity index (χ1) is 3.21. The molecule has 0 saturated heterocycles. The van der Waals surface area contributed by atoms with Gasteiger partial charge in [-0.25, -0.2) is 0 Å². The van der Waals surface area contributed by atoms with Crippen LogP contribution >= 0.6 is 11.6 Å². The third-order valence-corrected chi connectivity index (χ3v) is 0.897. The van der Waals surface area contributed by atoms with E-state index in [1.54, 1.807) is 13.1 Å². The molecular formula is C4H6ClNO. The molecule has 0 aromatic heterocycles. The fourth-order valence-electron chi connectivity index (χ4n) is 0.379. The highest BCUT2D eigenvalue weighted by molar-refractivity contribution is 6.22. The molecule has 0 aliphatic carbocycles. The molecule has 40 valence electrons. The van der Waals surface area contributed by atoms with Crippen LogP contribution in [0.5, 0.6) is 0 Å². The maximum Gasteiger partial charge on any atom is 0.254 e. The van der Waals surface area contributed by atoms with E-state index in [1.165, 1.54) is 6.26 Å². The minimum absolute atomic E-state index is 0.694. The molecule has 2 nitrogen and oxygen atoms in total. The van der Waals surface area contributed by atoms with Crippen molar-refractivity contribution in [2.75, 3.05) is 0 Å². The van der Waals surface area contributed by atoms with Crippen molar-refractivity contribution in [2.24, 2.45) is 0 Å². The van der Waals surface area contributed by atoms with Crippen LogP contribution in [0.1, 0.15) is 6.92 Å². The Bertz CT molecular complexity index is 89.9. The van der Waals surface area contributed by atoms with E-state index in [0.717, 1.165) is 0 Å². The monoisotopic (exact) mass is 119 g/mol. The van der Waals surface area contributed by atoms with Crippen LogP contribution in [-0.2, 0) is 4.74 Å². The molecule has 1 aliphatic heterocycles. The van der Waals surface area contributed by atoms with Crippen LogP contribution in [0.2, 0.25) is 0 Å². The van der Waals surface area contributed by atoms with Crippen molar-refractivity contribution in [2.45, 2.75) is 12.1 Å². The molecule has 0 spiro atoms. The predicted octanol–water partition coefficient (Wildman–Crippen LogP) is 0.990. The Morgan fingerprint density at radius 2 is 2.57 bits per heavy atom. The molecule has 0 radical (unpaired) electrons. The average Bonchev–Trinajstić information content (AvgIpc) is 1.84. The summed E-state index contributed by atoms with van der Waals surface area (Å²) in [5.74, 6) is 0. The third kappa shape index (κ3) is 0.996. The SMILES string of the molecule is CC1(Cl)NC=CO1. The summed E-state index contributed by atoms with van der Waals surface area (Å²) in [7, 11) is 0. The van der Waals surface area contributed by atoms with Crippen LogP contribution in [0.25, 0.3) is 0 Å². The van der Waals surface area contributed by atoms with Crippen molar-refractivity contribution in [3.8, 4) is 0 Å². The van der Waals surface area contributed by atoms with E-state index >= 15 is 0 Å². The lowest BCUT2D eigenvalue weighted by Gasteiger charge is -2.13. The second kappa shape index (κ2) is 1.30. The van der Waals surface area contributed by atoms with E-state index in [-0.39, 0.29) is 0 Å². The minimum Gasteiger partial charge on any atom is -0.461 e. The first kappa shape index (κ1) is 4.78. The van der Waals surface area contributed by atoms with Gasteiger partial charge in [0.1, 0.15) is 6.26 Å². The molecule has 0 bridgehead atoms. The van der Waals surface area contributed by atoms with Gasteiger partial charge in [0.05, 0.1) is 0 Å². The Morgan fingerprint density at radius 3 is 2.71 bits per heavy atom. The molecule has 1 N–H and O–H groups in total. The maximum absolute atomic E-state index is 5.57. The van der Waals surface area contributed by atoms with Crippen LogP contribution in [0.15, 0.2) is 12.5 Å². The van der Waals surface area contributed by atoms with E-state index < -0.39 is 5.18 Å². The molecule has 1 rings (SSSR count). The zero-order valence-corrected chi connectivity index (χ0v) is 4.70. The van der Waals surface area contributed by atoms with Gasteiger partial charge in [-0.15, -0.1) is 0 Å². The Morgan fingerprint density at radius 1 is 1.86 bits per heavy atom. The number of alkyl halides is 1. The van der Waals surface area contributed by atoms with E-state index in [1.807, 2.05) is 0 Å². The molecular weight excluding hydrogens is 114 g/mol. The molecule has 7 heavy (non-hydrogen) atoms. The van der Waals surface area contributed by atoms with E-state index in [2.05, 4.69) is 5.32 Å². The zero-order chi connectivity index (χ0) is 5.33. The van der Waals surface area contributed by atoms with Crippen LogP contribution in [0.4, 0.5) is 0 Å². The summed E-state index contributed by atoms with van der Waals surface area (Å²) in [5, 5.41) is 2.06. The Balaban J connectivity index is 2.49. The van der Waals surface area contributed by atoms with Gasteiger partial charge in [0, 0.05) is 13.1 Å². The van der Waals surface area contributed by atoms with Gasteiger partial charge < -0.3 is 10.1 Å². The number of ether oxygens (including phenoxy) is 1. The van der Waals surface area contributed by atoms with Gasteiger partial charge in [-0.2, -0.15) is 0 Å². The molecule has 3 heteroatoms. The second-order valence-electron chi connectivity index (χ2n) is 1.48. The van der Waals surface area contributed by atoms with Crippen LogP contribution in [0, 0.1) is 0 Å². The van der Waals surface area contributed by atoms with Gasteiger partial charge >= 0.3 is 0 Å². The molecule has 1 atom stereocenters. The van der Waals surface area contributed by atoms with Crippen molar-refractivity contribution >= 4 is 11.6 Å². The van der Waals surface area contributed by atoms with Crippen molar-refractivity contribution in [3.63, 3.8) is 0 Å². The first-order valence-corrected chi connectivity index (χ1v) is 2.38. The number of halogens is 1. The predicted molar refractivity (Wildman–Crippen MR) is 27.6 cm³/mol. The number of nitrogens with one attached hydrogen (secondary N) is 1. The summed E-state index contributed by atoms with van der Waals surface area (Å²) < 4.78 is 4.81. The largest absolute Gasteiger partial charge is 0.461 e. The van der Waals surface area contributed by atoms with Gasteiger partial charge in [-0.1, -0.05) is 11.6 Å². The molecule has 1 unspecified atom stereocenters. The number of hydrogen-bond donors (Lipinski definition) is 1. The molecule has 0 aromatic carbocycles. The van der Waals surface area contributed by atoms with Gasteiger partial charge in [-0.3, -0.25) is 0 Å². The van der Waals surface area contributed by atoms with Crippen LogP contribution in [0.3, 0.4) is 0 Å². The fraction of sp³-hybridized carbons (Fsp3) is 0.500. The standard InChI is InChI=1S/C4H6ClNO/c1-4(5)6-2-3-7-4/h2-3,6H,1H3. The quantitative estimate of drug-likeness (QED) is 0.379. The van der Waals surface area contributed by atoms with Crippen molar-refractivity contribution in [3.05, 3.63) is 12.5 Å². The van der Waals surface area contributed by atoms with Crippen molar-refractivity contribution in [1.29, 1.82) is 0 Å². The summed E-state index contributed by atoms with van der Waals surface area (Å²) in [6, 6.07) is 0. The first-order valence-electron chi connectivity index (χ1n) is 2.00. The highest BCUT2D eigenvalue weighted by Gasteiger charge is 2.21. The average molecular weight is 120 g/mol. The van der Waals surface area contributed by atoms with Gasteiger partial charge in [-0.05, 0) is 0 Å². The van der Waals surface area contributed by atoms with Crippen LogP contribution in [-0.4, -0.2) is 5.18 Å². The lowest BCUT2D eigenvalue weighted by atomic mass is 10.7. The van der Waals surface area contributed by atoms with Crippen molar-refractivity contribution < 1.29 is 4.74 Å². The van der Waals surface area contributed by atoms with E-state index in [4.69, 9.17) is 16.3 Å². The van der Waals surface area contributed by atoms with E-state index in [0.29, 0.717) is 0 Å². The zero-order valence-electron chi connectivity index (χ0n) is 3.94. The highest BCUT2D eigenvalue weighted by atomic mass is 35.5. The molecule has 0 saturated carbocycles. The van der Waals surface area contributed by atoms with E-state index in [9.17, 15) is 0 Å². The number of rotatable bonds is 0. The number of hydrogen-bond acceptors (Lipinski definition) is 2. The lowest BCUT2D eigenvalue weighted by Crippen LogP contribution is -2.28. The molecule has 0 aromatic rings. The van der Waals surface area contributed by atoms with Gasteiger partial charge in [0.15, 0.2) is 0 Å². The van der Waals surface area contributed by atoms with Crippen molar-refractivity contribution in [1.82, 2.24) is 5.32 Å². The Kier molecular flexibility index (Phi) is 0.889. The lowest BCUT2D eigenvalue weighted by molar-refractivity contribution is 0.128. The molecule has 1 heterocycles. The maximum atomic E-state index is 5.57. The normalized spacial score (nSPS) is 37.4. The molecule has 0 fully saturated rings. The molecule has 0 amide bonds. The highest BCUT2D eigenvalue weighted by Crippen LogP contribution is 2.15. The summed E-state index contributed by atoms with van der Waals surface area (Å²) in [4.78, 5) is 0. The topological polar surface area (TPSA) is 21.3 Å². The smallest absolute Gasteiger partial charge is 0.254 e. The summed E-state index contributed by atoms with van der Waals surface area (Å²) in [6.07, 6.45) is 3.18. The minimum atomic E-state index is -0.694. The van der Waals surface area contributed by atoms with Gasteiger partial charge in [0.25, 0.3) is 5.18 Å². The Hall–Kier alpha value is -0.370. The molecule has 1 aliphatic rings. The van der Waals surface area contributed by atoms with Crippen LogP contribution < -0.4 is 5.32 Å².